The largest absolute Gasteiger partial charge is 0.379 e. The molecule has 0 bridgehead atoms. The minimum absolute atomic E-state index is 0.0283. The first-order valence-corrected chi connectivity index (χ1v) is 5.88. The average molecular weight is 237 g/mol. The molecule has 0 saturated carbocycles. The number of pyridine rings is 1. The van der Waals surface area contributed by atoms with E-state index in [0.29, 0.717) is 0 Å². The van der Waals surface area contributed by atoms with Gasteiger partial charge in [-0.1, -0.05) is 26.8 Å². The maximum absolute atomic E-state index is 5.64. The molecule has 0 saturated heterocycles. The first kappa shape index (κ1) is 14.1. The van der Waals surface area contributed by atoms with Crippen LogP contribution in [0, 0.1) is 5.41 Å². The van der Waals surface area contributed by atoms with Crippen molar-refractivity contribution in [3.05, 3.63) is 30.1 Å². The molecule has 2 unspecified atom stereocenters. The van der Waals surface area contributed by atoms with Gasteiger partial charge in [0.15, 0.2) is 0 Å². The number of aromatic nitrogens is 1. The fourth-order valence-electron chi connectivity index (χ4n) is 2.12. The van der Waals surface area contributed by atoms with E-state index in [1.54, 1.807) is 13.3 Å². The lowest BCUT2D eigenvalue weighted by Crippen LogP contribution is -2.51. The summed E-state index contributed by atoms with van der Waals surface area (Å²) in [6, 6.07) is 5.94. The molecule has 1 heterocycles. The molecule has 0 radical (unpaired) electrons. The number of nitrogens with one attached hydrogen (secondary N) is 1. The summed E-state index contributed by atoms with van der Waals surface area (Å²) in [5, 5.41) is 0. The van der Waals surface area contributed by atoms with Gasteiger partial charge in [0, 0.05) is 25.4 Å². The number of hydrazine groups is 1. The molecule has 4 nitrogen and oxygen atoms in total. The smallest absolute Gasteiger partial charge is 0.0789 e. The zero-order valence-corrected chi connectivity index (χ0v) is 11.1. The van der Waals surface area contributed by atoms with Crippen LogP contribution in [0.2, 0.25) is 0 Å². The SMILES string of the molecule is COC(C(Cc1ccccn1)NN)C(C)(C)C. The van der Waals surface area contributed by atoms with Crippen molar-refractivity contribution in [1.29, 1.82) is 0 Å². The summed E-state index contributed by atoms with van der Waals surface area (Å²) in [7, 11) is 1.72. The van der Waals surface area contributed by atoms with Gasteiger partial charge in [-0.05, 0) is 17.5 Å². The van der Waals surface area contributed by atoms with E-state index in [2.05, 4.69) is 31.2 Å². The van der Waals surface area contributed by atoms with E-state index in [4.69, 9.17) is 10.6 Å². The van der Waals surface area contributed by atoms with Crippen LogP contribution in [0.4, 0.5) is 0 Å². The molecule has 96 valence electrons. The summed E-state index contributed by atoms with van der Waals surface area (Å²) in [4.78, 5) is 4.31. The third kappa shape index (κ3) is 4.07. The predicted molar refractivity (Wildman–Crippen MR) is 69.3 cm³/mol. The van der Waals surface area contributed by atoms with Gasteiger partial charge in [0.25, 0.3) is 0 Å². The molecular formula is C13H23N3O. The van der Waals surface area contributed by atoms with Gasteiger partial charge in [-0.25, -0.2) is 0 Å². The minimum atomic E-state index is 0.0283. The highest BCUT2D eigenvalue weighted by atomic mass is 16.5. The number of nitrogens with two attached hydrogens (primary N) is 1. The Hall–Kier alpha value is -0.970. The van der Waals surface area contributed by atoms with Crippen LogP contribution in [0.3, 0.4) is 0 Å². The summed E-state index contributed by atoms with van der Waals surface area (Å²) in [6.07, 6.45) is 2.59. The molecule has 4 heteroatoms. The van der Waals surface area contributed by atoms with Gasteiger partial charge >= 0.3 is 0 Å². The number of rotatable bonds is 5. The molecule has 0 aliphatic rings. The third-order valence-corrected chi connectivity index (χ3v) is 2.84. The Morgan fingerprint density at radius 1 is 1.41 bits per heavy atom. The molecule has 3 N–H and O–H groups in total. The Morgan fingerprint density at radius 3 is 2.53 bits per heavy atom. The first-order chi connectivity index (χ1) is 7.99. The standard InChI is InChI=1S/C13H23N3O/c1-13(2,3)12(17-4)11(16-14)9-10-7-5-6-8-15-10/h5-8,11-12,16H,9,14H2,1-4H3. The number of hydrogen-bond acceptors (Lipinski definition) is 4. The second kappa shape index (κ2) is 6.10. The molecule has 0 aliphatic heterocycles. The monoisotopic (exact) mass is 237 g/mol. The molecule has 0 amide bonds. The van der Waals surface area contributed by atoms with Crippen molar-refractivity contribution < 1.29 is 4.74 Å². The van der Waals surface area contributed by atoms with Gasteiger partial charge in [0.1, 0.15) is 0 Å². The molecule has 0 fully saturated rings. The fraction of sp³-hybridized carbons (Fsp3) is 0.615. The van der Waals surface area contributed by atoms with Crippen LogP contribution in [0.25, 0.3) is 0 Å². The summed E-state index contributed by atoms with van der Waals surface area (Å²) >= 11 is 0. The minimum Gasteiger partial charge on any atom is -0.379 e. The van der Waals surface area contributed by atoms with E-state index in [1.165, 1.54) is 0 Å². The molecule has 1 rings (SSSR count). The summed E-state index contributed by atoms with van der Waals surface area (Å²) in [6.45, 7) is 6.43. The van der Waals surface area contributed by atoms with E-state index < -0.39 is 0 Å². The molecule has 0 aliphatic carbocycles. The molecule has 1 aromatic rings. The lowest BCUT2D eigenvalue weighted by Gasteiger charge is -2.35. The van der Waals surface area contributed by atoms with E-state index in [-0.39, 0.29) is 17.6 Å². The van der Waals surface area contributed by atoms with E-state index >= 15 is 0 Å². The van der Waals surface area contributed by atoms with Gasteiger partial charge in [-0.2, -0.15) is 0 Å². The fourth-order valence-corrected chi connectivity index (χ4v) is 2.12. The summed E-state index contributed by atoms with van der Waals surface area (Å²) < 4.78 is 5.57. The Bertz CT molecular complexity index is 321. The molecular weight excluding hydrogens is 214 g/mol. The van der Waals surface area contributed by atoms with Gasteiger partial charge < -0.3 is 4.74 Å². The van der Waals surface area contributed by atoms with Crippen molar-refractivity contribution in [3.8, 4) is 0 Å². The Kier molecular flexibility index (Phi) is 5.05. The molecule has 1 aromatic heterocycles. The first-order valence-electron chi connectivity index (χ1n) is 5.88. The van der Waals surface area contributed by atoms with Crippen molar-refractivity contribution in [3.63, 3.8) is 0 Å². The Balaban J connectivity index is 2.77. The number of hydrogen-bond donors (Lipinski definition) is 2. The third-order valence-electron chi connectivity index (χ3n) is 2.84. The quantitative estimate of drug-likeness (QED) is 0.602. The molecule has 0 aromatic carbocycles. The zero-order valence-electron chi connectivity index (χ0n) is 11.1. The lowest BCUT2D eigenvalue weighted by atomic mass is 9.83. The van der Waals surface area contributed by atoms with E-state index in [9.17, 15) is 0 Å². The predicted octanol–water partition coefficient (Wildman–Crippen LogP) is 1.52. The zero-order chi connectivity index (χ0) is 12.9. The maximum Gasteiger partial charge on any atom is 0.0789 e. The maximum atomic E-state index is 5.64. The second-order valence-electron chi connectivity index (χ2n) is 5.32. The summed E-state index contributed by atoms with van der Waals surface area (Å²) in [5.41, 5.74) is 3.89. The van der Waals surface area contributed by atoms with Crippen molar-refractivity contribution in [2.45, 2.75) is 39.3 Å². The highest BCUT2D eigenvalue weighted by Crippen LogP contribution is 2.25. The van der Waals surface area contributed by atoms with Crippen LogP contribution < -0.4 is 11.3 Å². The van der Waals surface area contributed by atoms with Crippen LogP contribution >= 0.6 is 0 Å². The summed E-state index contributed by atoms with van der Waals surface area (Å²) in [5.74, 6) is 5.64. The lowest BCUT2D eigenvalue weighted by molar-refractivity contribution is -0.0112. The van der Waals surface area contributed by atoms with Crippen LogP contribution in [0.15, 0.2) is 24.4 Å². The Labute approximate surface area is 104 Å². The normalized spacial score (nSPS) is 15.6. The van der Waals surface area contributed by atoms with Crippen molar-refractivity contribution in [2.24, 2.45) is 11.3 Å². The van der Waals surface area contributed by atoms with Crippen molar-refractivity contribution in [1.82, 2.24) is 10.4 Å². The van der Waals surface area contributed by atoms with Crippen LogP contribution in [0.1, 0.15) is 26.5 Å². The molecule has 2 atom stereocenters. The molecule has 17 heavy (non-hydrogen) atoms. The van der Waals surface area contributed by atoms with Crippen molar-refractivity contribution in [2.75, 3.05) is 7.11 Å². The van der Waals surface area contributed by atoms with Crippen LogP contribution in [0.5, 0.6) is 0 Å². The number of nitrogens with zero attached hydrogens (tertiary/aromatic N) is 1. The Morgan fingerprint density at radius 2 is 2.12 bits per heavy atom. The van der Waals surface area contributed by atoms with Gasteiger partial charge in [0.2, 0.25) is 0 Å². The van der Waals surface area contributed by atoms with E-state index in [1.807, 2.05) is 18.2 Å². The number of ether oxygens (including phenoxy) is 1. The highest BCUT2D eigenvalue weighted by molar-refractivity contribution is 5.06. The molecule has 0 spiro atoms. The van der Waals surface area contributed by atoms with E-state index in [0.717, 1.165) is 12.1 Å². The second-order valence-corrected chi connectivity index (χ2v) is 5.32. The van der Waals surface area contributed by atoms with Crippen LogP contribution in [-0.4, -0.2) is 24.2 Å². The average Bonchev–Trinajstić information content (AvgIpc) is 2.28. The van der Waals surface area contributed by atoms with Gasteiger partial charge in [-0.15, -0.1) is 0 Å². The van der Waals surface area contributed by atoms with Crippen molar-refractivity contribution >= 4 is 0 Å². The van der Waals surface area contributed by atoms with Crippen LogP contribution in [-0.2, 0) is 11.2 Å². The highest BCUT2D eigenvalue weighted by Gasteiger charge is 2.32. The topological polar surface area (TPSA) is 60.2 Å². The number of methoxy groups -OCH3 is 1. The van der Waals surface area contributed by atoms with Gasteiger partial charge in [0.05, 0.1) is 12.1 Å². The van der Waals surface area contributed by atoms with Gasteiger partial charge in [-0.3, -0.25) is 16.3 Å².